The number of benzene rings is 2. The van der Waals surface area contributed by atoms with E-state index in [0.717, 1.165) is 27.0 Å². The summed E-state index contributed by atoms with van der Waals surface area (Å²) < 4.78 is 22.8. The van der Waals surface area contributed by atoms with E-state index in [0.29, 0.717) is 0 Å². The van der Waals surface area contributed by atoms with Gasteiger partial charge in [0.15, 0.2) is 5.44 Å². The molecule has 1 aliphatic rings. The molecule has 2 aromatic carbocycles. The predicted molar refractivity (Wildman–Crippen MR) is 76.7 cm³/mol. The second kappa shape index (κ2) is 4.79. The molecule has 19 heavy (non-hydrogen) atoms. The van der Waals surface area contributed by atoms with Gasteiger partial charge < -0.3 is 9.47 Å². The number of methoxy groups -OCH3 is 2. The van der Waals surface area contributed by atoms with Crippen LogP contribution >= 0.6 is 0 Å². The maximum atomic E-state index is 12.3. The Hall–Kier alpha value is -1.65. The van der Waals surface area contributed by atoms with E-state index < -0.39 is 10.8 Å². The molecule has 0 bridgehead atoms. The fraction of sp³-hybridized carbons (Fsp3) is 0.200. The van der Waals surface area contributed by atoms with E-state index in [-0.39, 0.29) is 5.44 Å². The van der Waals surface area contributed by atoms with Gasteiger partial charge in [0.25, 0.3) is 0 Å². The number of rotatable bonds is 2. The lowest BCUT2D eigenvalue weighted by molar-refractivity contribution is 0.203. The lowest BCUT2D eigenvalue weighted by Crippen LogP contribution is -2.18. The third-order valence-corrected chi connectivity index (χ3v) is 4.83. The Morgan fingerprint density at radius 3 is 2.68 bits per heavy atom. The van der Waals surface area contributed by atoms with Crippen molar-refractivity contribution < 1.29 is 13.7 Å². The first-order valence-corrected chi connectivity index (χ1v) is 7.17. The molecule has 0 saturated heterocycles. The molecule has 0 amide bonds. The summed E-state index contributed by atoms with van der Waals surface area (Å²) in [6.07, 6.45) is 3.81. The van der Waals surface area contributed by atoms with E-state index >= 15 is 0 Å². The quantitative estimate of drug-likeness (QED) is 0.844. The molecule has 3 nitrogen and oxygen atoms in total. The summed E-state index contributed by atoms with van der Waals surface area (Å²) in [5.41, 5.74) is 0.625. The van der Waals surface area contributed by atoms with E-state index in [4.69, 9.17) is 9.47 Å². The van der Waals surface area contributed by atoms with Crippen LogP contribution in [-0.4, -0.2) is 23.9 Å². The molecule has 0 saturated carbocycles. The molecular weight excluding hydrogens is 260 g/mol. The monoisotopic (exact) mass is 274 g/mol. The Labute approximate surface area is 114 Å². The SMILES string of the molecule is COc1ccc2cc3c(cc2c1)S(=O)C(OC)C=C3. The van der Waals surface area contributed by atoms with Crippen LogP contribution in [0.4, 0.5) is 0 Å². The molecule has 4 heteroatoms. The predicted octanol–water partition coefficient (Wildman–Crippen LogP) is 2.96. The summed E-state index contributed by atoms with van der Waals surface area (Å²) in [6, 6.07) is 9.89. The molecular formula is C15H14O3S. The third kappa shape index (κ3) is 2.07. The first kappa shape index (κ1) is 12.4. The van der Waals surface area contributed by atoms with Crippen molar-refractivity contribution in [1.29, 1.82) is 0 Å². The van der Waals surface area contributed by atoms with E-state index in [2.05, 4.69) is 0 Å². The fourth-order valence-corrected chi connectivity index (χ4v) is 3.50. The molecule has 1 aliphatic heterocycles. The van der Waals surface area contributed by atoms with E-state index in [1.165, 1.54) is 0 Å². The number of hydrogen-bond acceptors (Lipinski definition) is 3. The van der Waals surface area contributed by atoms with E-state index in [9.17, 15) is 4.21 Å². The molecule has 2 atom stereocenters. The van der Waals surface area contributed by atoms with Crippen molar-refractivity contribution in [2.45, 2.75) is 10.3 Å². The zero-order valence-electron chi connectivity index (χ0n) is 10.8. The largest absolute Gasteiger partial charge is 0.497 e. The van der Waals surface area contributed by atoms with Crippen molar-refractivity contribution in [3.05, 3.63) is 42.0 Å². The minimum Gasteiger partial charge on any atom is -0.497 e. The molecule has 1 heterocycles. The average Bonchev–Trinajstić information content (AvgIpc) is 2.45. The van der Waals surface area contributed by atoms with Crippen LogP contribution in [0.3, 0.4) is 0 Å². The standard InChI is InChI=1S/C15H14O3S/c1-17-13-5-3-10-7-11-4-6-15(18-2)19(16)14(11)9-12(10)8-13/h3-9,15H,1-2H3. The van der Waals surface area contributed by atoms with Gasteiger partial charge in [0.2, 0.25) is 0 Å². The van der Waals surface area contributed by atoms with Crippen molar-refractivity contribution in [3.8, 4) is 5.75 Å². The van der Waals surface area contributed by atoms with E-state index in [1.54, 1.807) is 14.2 Å². The Morgan fingerprint density at radius 1 is 1.11 bits per heavy atom. The highest BCUT2D eigenvalue weighted by molar-refractivity contribution is 7.85. The highest BCUT2D eigenvalue weighted by Gasteiger charge is 2.22. The highest BCUT2D eigenvalue weighted by atomic mass is 32.2. The summed E-state index contributed by atoms with van der Waals surface area (Å²) in [4.78, 5) is 0.815. The van der Waals surface area contributed by atoms with Crippen LogP contribution in [-0.2, 0) is 15.5 Å². The van der Waals surface area contributed by atoms with Crippen LogP contribution in [0.15, 0.2) is 41.3 Å². The molecule has 0 aliphatic carbocycles. The first-order valence-electron chi connectivity index (χ1n) is 5.96. The van der Waals surface area contributed by atoms with Gasteiger partial charge in [-0.15, -0.1) is 0 Å². The van der Waals surface area contributed by atoms with Gasteiger partial charge in [0.1, 0.15) is 5.75 Å². The van der Waals surface area contributed by atoms with Crippen molar-refractivity contribution >= 4 is 27.6 Å². The van der Waals surface area contributed by atoms with Crippen LogP contribution in [0.5, 0.6) is 5.75 Å². The maximum absolute atomic E-state index is 12.3. The molecule has 0 spiro atoms. The van der Waals surface area contributed by atoms with Crippen molar-refractivity contribution in [2.24, 2.45) is 0 Å². The molecule has 2 aromatic rings. The normalized spacial score (nSPS) is 21.4. The zero-order valence-corrected chi connectivity index (χ0v) is 11.6. The minimum atomic E-state index is -1.17. The van der Waals surface area contributed by atoms with Crippen LogP contribution in [0.25, 0.3) is 16.8 Å². The molecule has 0 radical (unpaired) electrons. The van der Waals surface area contributed by atoms with Crippen LogP contribution in [0.2, 0.25) is 0 Å². The average molecular weight is 274 g/mol. The molecule has 0 fully saturated rings. The Morgan fingerprint density at radius 2 is 1.95 bits per heavy atom. The first-order chi connectivity index (χ1) is 9.22. The van der Waals surface area contributed by atoms with Crippen LogP contribution in [0, 0.1) is 0 Å². The van der Waals surface area contributed by atoms with Gasteiger partial charge in [-0.1, -0.05) is 12.1 Å². The van der Waals surface area contributed by atoms with Gasteiger partial charge in [0, 0.05) is 12.0 Å². The van der Waals surface area contributed by atoms with Gasteiger partial charge in [-0.2, -0.15) is 0 Å². The third-order valence-electron chi connectivity index (χ3n) is 3.27. The van der Waals surface area contributed by atoms with Gasteiger partial charge in [-0.25, -0.2) is 0 Å². The molecule has 0 N–H and O–H groups in total. The summed E-state index contributed by atoms with van der Waals surface area (Å²) in [7, 11) is 2.04. The van der Waals surface area contributed by atoms with Gasteiger partial charge in [-0.05, 0) is 46.7 Å². The number of hydrogen-bond donors (Lipinski definition) is 0. The van der Waals surface area contributed by atoms with Crippen molar-refractivity contribution in [1.82, 2.24) is 0 Å². The van der Waals surface area contributed by atoms with Crippen molar-refractivity contribution in [3.63, 3.8) is 0 Å². The zero-order chi connectivity index (χ0) is 13.4. The molecule has 0 aromatic heterocycles. The topological polar surface area (TPSA) is 35.5 Å². The lowest BCUT2D eigenvalue weighted by atomic mass is 10.1. The Kier molecular flexibility index (Phi) is 3.12. The highest BCUT2D eigenvalue weighted by Crippen LogP contribution is 2.31. The van der Waals surface area contributed by atoms with E-state index in [1.807, 2.05) is 42.5 Å². The Balaban J connectivity index is 2.20. The summed E-state index contributed by atoms with van der Waals surface area (Å²) >= 11 is 0. The Bertz CT molecular complexity index is 691. The van der Waals surface area contributed by atoms with Gasteiger partial charge in [-0.3, -0.25) is 4.21 Å². The smallest absolute Gasteiger partial charge is 0.155 e. The van der Waals surface area contributed by atoms with Crippen LogP contribution in [0.1, 0.15) is 5.56 Å². The summed E-state index contributed by atoms with van der Waals surface area (Å²) in [6.45, 7) is 0. The molecule has 98 valence electrons. The van der Waals surface area contributed by atoms with Gasteiger partial charge in [0.05, 0.1) is 17.9 Å². The number of ether oxygens (including phenoxy) is 2. The molecule has 2 unspecified atom stereocenters. The number of fused-ring (bicyclic) bond motifs is 2. The second-order valence-corrected chi connectivity index (χ2v) is 5.86. The van der Waals surface area contributed by atoms with Gasteiger partial charge >= 0.3 is 0 Å². The molecule has 3 rings (SSSR count). The fourth-order valence-electron chi connectivity index (χ4n) is 2.25. The minimum absolute atomic E-state index is 0.365. The van der Waals surface area contributed by atoms with Crippen LogP contribution < -0.4 is 4.74 Å². The van der Waals surface area contributed by atoms with Crippen molar-refractivity contribution in [2.75, 3.05) is 14.2 Å². The maximum Gasteiger partial charge on any atom is 0.155 e. The second-order valence-electron chi connectivity index (χ2n) is 4.36. The summed E-state index contributed by atoms with van der Waals surface area (Å²) in [5, 5.41) is 2.13. The lowest BCUT2D eigenvalue weighted by Gasteiger charge is -2.18. The summed E-state index contributed by atoms with van der Waals surface area (Å²) in [5.74, 6) is 0.799.